The molecule has 1 heteroatoms. The molecule has 0 saturated carbocycles. The molecule has 0 radical (unpaired) electrons. The highest BCUT2D eigenvalue weighted by Crippen LogP contribution is 2.20. The molecule has 0 unspecified atom stereocenters. The van der Waals surface area contributed by atoms with E-state index < -0.39 is 0 Å². The highest BCUT2D eigenvalue weighted by molar-refractivity contribution is 5.68. The normalized spacial score (nSPS) is 11.9. The maximum atomic E-state index is 4.10. The molecule has 0 heterocycles. The quantitative estimate of drug-likeness (QED) is 0.883. The van der Waals surface area contributed by atoms with Crippen LogP contribution in [0.2, 0.25) is 0 Å². The van der Waals surface area contributed by atoms with Gasteiger partial charge < -0.3 is 5.32 Å². The SMILES string of the molecule is C=c1ccc(-c2cccc(NC)c2)c/c1=C/C(C)C. The minimum atomic E-state index is 0.527. The zero-order valence-electron chi connectivity index (χ0n) is 11.9. The second-order valence-corrected chi connectivity index (χ2v) is 5.16. The Balaban J connectivity index is 2.54. The fourth-order valence-electron chi connectivity index (χ4n) is 2.14. The van der Waals surface area contributed by atoms with E-state index in [1.54, 1.807) is 0 Å². The molecular formula is C18H21N. The Bertz CT molecular complexity index is 668. The summed E-state index contributed by atoms with van der Waals surface area (Å²) in [6.07, 6.45) is 2.26. The van der Waals surface area contributed by atoms with E-state index in [1.165, 1.54) is 16.3 Å². The largest absolute Gasteiger partial charge is 0.388 e. The molecule has 0 fully saturated rings. The number of rotatable bonds is 3. The molecule has 2 aromatic carbocycles. The van der Waals surface area contributed by atoms with Crippen molar-refractivity contribution in [3.8, 4) is 11.1 Å². The standard InChI is InChI=1S/C18H21N/c1-13(2)10-17-11-16(9-8-14(17)3)15-6-5-7-18(12-15)19-4/h5-13,19H,3H2,1-2,4H3/b17-10-. The van der Waals surface area contributed by atoms with Crippen LogP contribution in [0.1, 0.15) is 13.8 Å². The molecule has 19 heavy (non-hydrogen) atoms. The summed E-state index contributed by atoms with van der Waals surface area (Å²) in [7, 11) is 1.94. The summed E-state index contributed by atoms with van der Waals surface area (Å²) in [5, 5.41) is 5.48. The molecule has 0 amide bonds. The highest BCUT2D eigenvalue weighted by Gasteiger charge is 1.99. The lowest BCUT2D eigenvalue weighted by Gasteiger charge is -2.06. The summed E-state index contributed by atoms with van der Waals surface area (Å²) < 4.78 is 0. The number of hydrogen-bond acceptors (Lipinski definition) is 1. The molecule has 0 bridgehead atoms. The number of anilines is 1. The van der Waals surface area contributed by atoms with Crippen LogP contribution in [-0.4, -0.2) is 7.05 Å². The molecule has 2 rings (SSSR count). The topological polar surface area (TPSA) is 12.0 Å². The van der Waals surface area contributed by atoms with Gasteiger partial charge in [0.15, 0.2) is 0 Å². The number of benzene rings is 2. The molecule has 1 nitrogen and oxygen atoms in total. The van der Waals surface area contributed by atoms with Gasteiger partial charge in [0, 0.05) is 12.7 Å². The fourth-order valence-corrected chi connectivity index (χ4v) is 2.14. The van der Waals surface area contributed by atoms with E-state index in [0.29, 0.717) is 5.92 Å². The Hall–Kier alpha value is -2.02. The molecule has 0 atom stereocenters. The van der Waals surface area contributed by atoms with Gasteiger partial charge in [-0.3, -0.25) is 0 Å². The van der Waals surface area contributed by atoms with E-state index in [2.05, 4.69) is 74.3 Å². The molecule has 0 spiro atoms. The molecule has 0 aliphatic carbocycles. The zero-order valence-corrected chi connectivity index (χ0v) is 11.9. The average molecular weight is 251 g/mol. The Morgan fingerprint density at radius 2 is 1.79 bits per heavy atom. The van der Waals surface area contributed by atoms with Crippen molar-refractivity contribution in [3.63, 3.8) is 0 Å². The van der Waals surface area contributed by atoms with Crippen LogP contribution in [0.25, 0.3) is 23.8 Å². The molecule has 2 aromatic rings. The van der Waals surface area contributed by atoms with Gasteiger partial charge in [-0.25, -0.2) is 0 Å². The molecule has 0 saturated heterocycles. The van der Waals surface area contributed by atoms with Crippen LogP contribution >= 0.6 is 0 Å². The third-order valence-electron chi connectivity index (χ3n) is 3.14. The maximum Gasteiger partial charge on any atom is 0.0343 e. The Morgan fingerprint density at radius 3 is 2.47 bits per heavy atom. The smallest absolute Gasteiger partial charge is 0.0343 e. The van der Waals surface area contributed by atoms with E-state index in [-0.39, 0.29) is 0 Å². The lowest BCUT2D eigenvalue weighted by Crippen LogP contribution is -2.23. The molecular weight excluding hydrogens is 230 g/mol. The van der Waals surface area contributed by atoms with Gasteiger partial charge in [0.25, 0.3) is 0 Å². The van der Waals surface area contributed by atoms with Gasteiger partial charge in [0.2, 0.25) is 0 Å². The van der Waals surface area contributed by atoms with Crippen molar-refractivity contribution in [2.45, 2.75) is 13.8 Å². The minimum Gasteiger partial charge on any atom is -0.388 e. The van der Waals surface area contributed by atoms with Crippen molar-refractivity contribution >= 4 is 18.3 Å². The second kappa shape index (κ2) is 5.75. The third-order valence-corrected chi connectivity index (χ3v) is 3.14. The average Bonchev–Trinajstić information content (AvgIpc) is 2.41. The lowest BCUT2D eigenvalue weighted by molar-refractivity contribution is 0.880. The van der Waals surface area contributed by atoms with Gasteiger partial charge in [0.05, 0.1) is 0 Å². The van der Waals surface area contributed by atoms with Gasteiger partial charge in [-0.2, -0.15) is 0 Å². The van der Waals surface area contributed by atoms with E-state index in [1.807, 2.05) is 7.05 Å². The first-order chi connectivity index (χ1) is 9.10. The number of nitrogens with one attached hydrogen (secondary N) is 1. The summed E-state index contributed by atoms with van der Waals surface area (Å²) in [6.45, 7) is 8.47. The van der Waals surface area contributed by atoms with E-state index in [0.717, 1.165) is 10.9 Å². The fraction of sp³-hybridized carbons (Fsp3) is 0.222. The van der Waals surface area contributed by atoms with Gasteiger partial charge in [-0.05, 0) is 45.7 Å². The van der Waals surface area contributed by atoms with Crippen LogP contribution in [0.5, 0.6) is 0 Å². The van der Waals surface area contributed by atoms with Crippen molar-refractivity contribution in [2.75, 3.05) is 12.4 Å². The summed E-state index contributed by atoms with van der Waals surface area (Å²) in [4.78, 5) is 0. The van der Waals surface area contributed by atoms with Crippen molar-refractivity contribution < 1.29 is 0 Å². The van der Waals surface area contributed by atoms with Gasteiger partial charge in [-0.1, -0.05) is 50.8 Å². The van der Waals surface area contributed by atoms with Crippen LogP contribution in [0, 0.1) is 5.92 Å². The molecule has 0 aliphatic rings. The lowest BCUT2D eigenvalue weighted by atomic mass is 10.0. The summed E-state index contributed by atoms with van der Waals surface area (Å²) >= 11 is 0. The van der Waals surface area contributed by atoms with Gasteiger partial charge in [-0.15, -0.1) is 0 Å². The number of hydrogen-bond donors (Lipinski definition) is 1. The van der Waals surface area contributed by atoms with Crippen LogP contribution in [0.3, 0.4) is 0 Å². The summed E-state index contributed by atoms with van der Waals surface area (Å²) in [6, 6.07) is 14.9. The molecule has 0 aromatic heterocycles. The van der Waals surface area contributed by atoms with Crippen LogP contribution in [0.4, 0.5) is 5.69 Å². The van der Waals surface area contributed by atoms with Gasteiger partial charge in [0.1, 0.15) is 0 Å². The van der Waals surface area contributed by atoms with E-state index in [9.17, 15) is 0 Å². The van der Waals surface area contributed by atoms with Crippen molar-refractivity contribution in [1.29, 1.82) is 0 Å². The summed E-state index contributed by atoms with van der Waals surface area (Å²) in [5.74, 6) is 0.527. The first kappa shape index (κ1) is 13.4. The molecule has 0 aliphatic heterocycles. The Morgan fingerprint density at radius 1 is 1.05 bits per heavy atom. The first-order valence-electron chi connectivity index (χ1n) is 6.69. The minimum absolute atomic E-state index is 0.527. The Kier molecular flexibility index (Phi) is 4.06. The van der Waals surface area contributed by atoms with Gasteiger partial charge >= 0.3 is 0 Å². The highest BCUT2D eigenvalue weighted by atomic mass is 14.8. The van der Waals surface area contributed by atoms with Crippen LogP contribution in [0.15, 0.2) is 42.5 Å². The second-order valence-electron chi connectivity index (χ2n) is 5.16. The third kappa shape index (κ3) is 3.25. The van der Waals surface area contributed by atoms with E-state index >= 15 is 0 Å². The van der Waals surface area contributed by atoms with Crippen molar-refractivity contribution in [3.05, 3.63) is 52.9 Å². The zero-order chi connectivity index (χ0) is 13.8. The van der Waals surface area contributed by atoms with Crippen LogP contribution < -0.4 is 15.8 Å². The summed E-state index contributed by atoms with van der Waals surface area (Å²) in [5.41, 5.74) is 3.59. The predicted octanol–water partition coefficient (Wildman–Crippen LogP) is 3.24. The molecule has 98 valence electrons. The Labute approximate surface area is 115 Å². The van der Waals surface area contributed by atoms with Crippen molar-refractivity contribution in [1.82, 2.24) is 0 Å². The van der Waals surface area contributed by atoms with Crippen molar-refractivity contribution in [2.24, 2.45) is 5.92 Å². The maximum absolute atomic E-state index is 4.10. The first-order valence-corrected chi connectivity index (χ1v) is 6.69. The van der Waals surface area contributed by atoms with Crippen LogP contribution in [-0.2, 0) is 0 Å². The van der Waals surface area contributed by atoms with E-state index in [4.69, 9.17) is 0 Å². The monoisotopic (exact) mass is 251 g/mol. The predicted molar refractivity (Wildman–Crippen MR) is 85.5 cm³/mol. The molecule has 1 N–H and O–H groups in total.